The zero-order valence-electron chi connectivity index (χ0n) is 13.4. The fourth-order valence-corrected chi connectivity index (χ4v) is 4.34. The van der Waals surface area contributed by atoms with Gasteiger partial charge in [-0.1, -0.05) is 23.7 Å². The summed E-state index contributed by atoms with van der Waals surface area (Å²) in [6, 6.07) is 10.9. The van der Waals surface area contributed by atoms with E-state index in [9.17, 15) is 8.42 Å². The SMILES string of the molecule is CC(Nc1ccc(S(=O)(=O)N2CCCC2)cn1)c1ccc(Cl)cc1. The Balaban J connectivity index is 1.71. The second-order valence-corrected chi connectivity index (χ2v) is 8.28. The average Bonchev–Trinajstić information content (AvgIpc) is 3.11. The molecule has 24 heavy (non-hydrogen) atoms. The molecular weight excluding hydrogens is 346 g/mol. The number of nitrogens with zero attached hydrogens (tertiary/aromatic N) is 2. The first-order chi connectivity index (χ1) is 11.5. The summed E-state index contributed by atoms with van der Waals surface area (Å²) in [4.78, 5) is 4.50. The van der Waals surface area contributed by atoms with Gasteiger partial charge in [0.15, 0.2) is 0 Å². The van der Waals surface area contributed by atoms with E-state index in [2.05, 4.69) is 10.3 Å². The largest absolute Gasteiger partial charge is 0.364 e. The lowest BCUT2D eigenvalue weighted by molar-refractivity contribution is 0.477. The number of benzene rings is 1. The molecule has 0 spiro atoms. The molecule has 128 valence electrons. The monoisotopic (exact) mass is 365 g/mol. The highest BCUT2D eigenvalue weighted by Gasteiger charge is 2.27. The van der Waals surface area contributed by atoms with Crippen molar-refractivity contribution in [1.29, 1.82) is 0 Å². The number of pyridine rings is 1. The molecule has 7 heteroatoms. The molecule has 1 aliphatic heterocycles. The molecule has 0 aliphatic carbocycles. The normalized spacial score (nSPS) is 16.9. The van der Waals surface area contributed by atoms with Gasteiger partial charge < -0.3 is 5.32 Å². The van der Waals surface area contributed by atoms with Crippen molar-refractivity contribution in [2.24, 2.45) is 0 Å². The third-order valence-corrected chi connectivity index (χ3v) is 6.31. The molecule has 1 aliphatic rings. The maximum Gasteiger partial charge on any atom is 0.244 e. The van der Waals surface area contributed by atoms with Crippen LogP contribution in [-0.4, -0.2) is 30.8 Å². The number of sulfonamides is 1. The molecule has 1 N–H and O–H groups in total. The Morgan fingerprint density at radius 3 is 2.38 bits per heavy atom. The van der Waals surface area contributed by atoms with Gasteiger partial charge >= 0.3 is 0 Å². The van der Waals surface area contributed by atoms with E-state index in [0.717, 1.165) is 18.4 Å². The van der Waals surface area contributed by atoms with Crippen molar-refractivity contribution < 1.29 is 8.42 Å². The van der Waals surface area contributed by atoms with Crippen LogP contribution in [0.5, 0.6) is 0 Å². The van der Waals surface area contributed by atoms with Crippen LogP contribution in [0, 0.1) is 0 Å². The van der Waals surface area contributed by atoms with Crippen LogP contribution >= 0.6 is 11.6 Å². The highest BCUT2D eigenvalue weighted by molar-refractivity contribution is 7.89. The fourth-order valence-electron chi connectivity index (χ4n) is 2.75. The van der Waals surface area contributed by atoms with Gasteiger partial charge in [0.25, 0.3) is 0 Å². The first-order valence-corrected chi connectivity index (χ1v) is 9.77. The van der Waals surface area contributed by atoms with Crippen LogP contribution in [0.2, 0.25) is 5.02 Å². The summed E-state index contributed by atoms with van der Waals surface area (Å²) in [6.07, 6.45) is 3.26. The number of rotatable bonds is 5. The summed E-state index contributed by atoms with van der Waals surface area (Å²) < 4.78 is 26.5. The minimum absolute atomic E-state index is 0.0378. The number of aromatic nitrogens is 1. The van der Waals surface area contributed by atoms with Crippen LogP contribution in [0.3, 0.4) is 0 Å². The van der Waals surface area contributed by atoms with Crippen LogP contribution in [0.1, 0.15) is 31.4 Å². The van der Waals surface area contributed by atoms with Gasteiger partial charge in [0.05, 0.1) is 0 Å². The quantitative estimate of drug-likeness (QED) is 0.877. The molecule has 0 bridgehead atoms. The summed E-state index contributed by atoms with van der Waals surface area (Å²) in [6.45, 7) is 3.20. The third-order valence-electron chi connectivity index (χ3n) is 4.17. The fraction of sp³-hybridized carbons (Fsp3) is 0.353. The van der Waals surface area contributed by atoms with Gasteiger partial charge in [-0.2, -0.15) is 4.31 Å². The molecule has 2 aromatic rings. The van der Waals surface area contributed by atoms with Crippen molar-refractivity contribution in [3.05, 3.63) is 53.2 Å². The predicted octanol–water partition coefficient (Wildman–Crippen LogP) is 3.69. The first-order valence-electron chi connectivity index (χ1n) is 7.95. The second-order valence-electron chi connectivity index (χ2n) is 5.91. The lowest BCUT2D eigenvalue weighted by atomic mass is 10.1. The molecule has 3 rings (SSSR count). The van der Waals surface area contributed by atoms with Crippen LogP contribution in [-0.2, 0) is 10.0 Å². The number of halogens is 1. The van der Waals surface area contributed by atoms with Gasteiger partial charge in [-0.05, 0) is 49.6 Å². The van der Waals surface area contributed by atoms with Crippen LogP contribution < -0.4 is 5.32 Å². The van der Waals surface area contributed by atoms with Crippen molar-refractivity contribution in [2.75, 3.05) is 18.4 Å². The standard InChI is InChI=1S/C17H20ClN3O2S/c1-13(14-4-6-15(18)7-5-14)20-17-9-8-16(12-19-17)24(22,23)21-10-2-3-11-21/h4-9,12-13H,2-3,10-11H2,1H3,(H,19,20). The van der Waals surface area contributed by atoms with Crippen molar-refractivity contribution in [3.8, 4) is 0 Å². The molecule has 1 atom stereocenters. The Kier molecular flexibility index (Phi) is 5.08. The lowest BCUT2D eigenvalue weighted by Crippen LogP contribution is -2.27. The summed E-state index contributed by atoms with van der Waals surface area (Å²) in [5.41, 5.74) is 1.08. The minimum atomic E-state index is -3.41. The maximum absolute atomic E-state index is 12.5. The molecule has 1 unspecified atom stereocenters. The van der Waals surface area contributed by atoms with Crippen LogP contribution in [0.25, 0.3) is 0 Å². The van der Waals surface area contributed by atoms with Gasteiger partial charge in [0.1, 0.15) is 10.7 Å². The Bertz CT molecular complexity index is 786. The molecule has 1 saturated heterocycles. The Labute approximate surface area is 147 Å². The van der Waals surface area contributed by atoms with Crippen LogP contribution in [0.15, 0.2) is 47.5 Å². The molecule has 5 nitrogen and oxygen atoms in total. The Hall–Kier alpha value is -1.63. The van der Waals surface area contributed by atoms with E-state index >= 15 is 0 Å². The molecule has 0 saturated carbocycles. The first kappa shape index (κ1) is 17.2. The smallest absolute Gasteiger partial charge is 0.244 e. The van der Waals surface area contributed by atoms with Crippen molar-refractivity contribution >= 4 is 27.4 Å². The molecule has 1 aromatic heterocycles. The average molecular weight is 366 g/mol. The number of hydrogen-bond acceptors (Lipinski definition) is 4. The molecule has 0 radical (unpaired) electrons. The van der Waals surface area contributed by atoms with E-state index in [0.29, 0.717) is 23.9 Å². The van der Waals surface area contributed by atoms with Crippen molar-refractivity contribution in [3.63, 3.8) is 0 Å². The Morgan fingerprint density at radius 2 is 1.79 bits per heavy atom. The molecule has 2 heterocycles. The molecule has 1 fully saturated rings. The minimum Gasteiger partial charge on any atom is -0.364 e. The van der Waals surface area contributed by atoms with E-state index in [1.54, 1.807) is 12.1 Å². The van der Waals surface area contributed by atoms with Gasteiger partial charge in [-0.25, -0.2) is 13.4 Å². The highest BCUT2D eigenvalue weighted by atomic mass is 35.5. The topological polar surface area (TPSA) is 62.3 Å². The summed E-state index contributed by atoms with van der Waals surface area (Å²) >= 11 is 5.90. The van der Waals surface area contributed by atoms with Gasteiger partial charge in [0, 0.05) is 30.4 Å². The number of hydrogen-bond donors (Lipinski definition) is 1. The molecule has 0 amide bonds. The van der Waals surface area contributed by atoms with Gasteiger partial charge in [-0.15, -0.1) is 0 Å². The third kappa shape index (κ3) is 3.71. The zero-order chi connectivity index (χ0) is 17.2. The molecular formula is C17H20ClN3O2S. The predicted molar refractivity (Wildman–Crippen MR) is 95.7 cm³/mol. The van der Waals surface area contributed by atoms with Crippen molar-refractivity contribution in [1.82, 2.24) is 9.29 Å². The number of nitrogens with one attached hydrogen (secondary N) is 1. The van der Waals surface area contributed by atoms with E-state index in [1.807, 2.05) is 31.2 Å². The van der Waals surface area contributed by atoms with E-state index in [-0.39, 0.29) is 10.9 Å². The van der Waals surface area contributed by atoms with E-state index in [1.165, 1.54) is 10.5 Å². The van der Waals surface area contributed by atoms with E-state index < -0.39 is 10.0 Å². The zero-order valence-corrected chi connectivity index (χ0v) is 15.0. The van der Waals surface area contributed by atoms with Gasteiger partial charge in [-0.3, -0.25) is 0 Å². The van der Waals surface area contributed by atoms with Crippen molar-refractivity contribution in [2.45, 2.75) is 30.7 Å². The van der Waals surface area contributed by atoms with Crippen LogP contribution in [0.4, 0.5) is 5.82 Å². The summed E-state index contributed by atoms with van der Waals surface area (Å²) in [5.74, 6) is 0.637. The summed E-state index contributed by atoms with van der Waals surface area (Å²) in [7, 11) is -3.41. The van der Waals surface area contributed by atoms with E-state index in [4.69, 9.17) is 11.6 Å². The summed E-state index contributed by atoms with van der Waals surface area (Å²) in [5, 5.41) is 3.96. The number of anilines is 1. The molecule has 1 aromatic carbocycles. The highest BCUT2D eigenvalue weighted by Crippen LogP contribution is 2.23. The van der Waals surface area contributed by atoms with Gasteiger partial charge in [0.2, 0.25) is 10.0 Å². The Morgan fingerprint density at radius 1 is 1.12 bits per heavy atom. The second kappa shape index (κ2) is 7.09. The lowest BCUT2D eigenvalue weighted by Gasteiger charge is -2.17. The maximum atomic E-state index is 12.5.